The van der Waals surface area contributed by atoms with Gasteiger partial charge in [0.2, 0.25) is 5.91 Å². The zero-order valence-electron chi connectivity index (χ0n) is 10.3. The second-order valence-corrected chi connectivity index (χ2v) is 6.86. The van der Waals surface area contributed by atoms with Crippen LogP contribution in [0.1, 0.15) is 32.6 Å². The van der Waals surface area contributed by atoms with Crippen LogP contribution in [0.4, 0.5) is 0 Å². The molecule has 0 aromatic rings. The molecule has 0 aromatic carbocycles. The highest BCUT2D eigenvalue weighted by Gasteiger charge is 2.67. The van der Waals surface area contributed by atoms with Gasteiger partial charge in [0.25, 0.3) is 0 Å². The fourth-order valence-electron chi connectivity index (χ4n) is 2.35. The summed E-state index contributed by atoms with van der Waals surface area (Å²) in [5.74, 6) is -0.0143. The van der Waals surface area contributed by atoms with E-state index in [9.17, 15) is 4.79 Å². The van der Waals surface area contributed by atoms with Gasteiger partial charge in [0, 0.05) is 13.1 Å². The summed E-state index contributed by atoms with van der Waals surface area (Å²) in [6.45, 7) is 5.76. The number of piperidine rings is 1. The highest BCUT2D eigenvalue weighted by Crippen LogP contribution is 2.63. The monoisotopic (exact) mass is 278 g/mol. The quantitative estimate of drug-likeness (QED) is 0.800. The molecule has 17 heavy (non-hydrogen) atoms. The fourth-order valence-corrected chi connectivity index (χ4v) is 3.06. The molecule has 1 atom stereocenters. The largest absolute Gasteiger partial charge is 0.354 e. The number of hydrogen-bond acceptors (Lipinski definition) is 2. The molecule has 2 aliphatic rings. The van der Waals surface area contributed by atoms with Gasteiger partial charge >= 0.3 is 0 Å². The minimum absolute atomic E-state index is 0.0143. The van der Waals surface area contributed by atoms with E-state index in [2.05, 4.69) is 10.2 Å². The molecular weight excluding hydrogens is 259 g/mol. The molecule has 3 nitrogen and oxygen atoms in total. The Labute approximate surface area is 113 Å². The lowest BCUT2D eigenvalue weighted by Gasteiger charge is -2.26. The standard InChI is InChI=1S/C12H20Cl2N2O/c1-11(9-12(11,13)14)10(17)15-5-8-16-6-3-2-4-7-16/h2-9H2,1H3,(H,15,17). The first-order chi connectivity index (χ1) is 7.96. The number of nitrogens with zero attached hydrogens (tertiary/aromatic N) is 1. The average molecular weight is 279 g/mol. The summed E-state index contributed by atoms with van der Waals surface area (Å²) >= 11 is 11.9. The molecule has 0 bridgehead atoms. The molecule has 1 amide bonds. The van der Waals surface area contributed by atoms with Crippen LogP contribution in [0.5, 0.6) is 0 Å². The smallest absolute Gasteiger partial charge is 0.229 e. The number of alkyl halides is 2. The number of carbonyl (C=O) groups is 1. The Balaban J connectivity index is 1.67. The molecule has 0 spiro atoms. The predicted molar refractivity (Wildman–Crippen MR) is 70.5 cm³/mol. The number of nitrogens with one attached hydrogen (secondary N) is 1. The highest BCUT2D eigenvalue weighted by atomic mass is 35.5. The Kier molecular flexibility index (Phi) is 3.91. The van der Waals surface area contributed by atoms with E-state index in [1.54, 1.807) is 0 Å². The molecule has 1 aliphatic carbocycles. The highest BCUT2D eigenvalue weighted by molar-refractivity contribution is 6.53. The van der Waals surface area contributed by atoms with E-state index in [1.807, 2.05) is 6.92 Å². The zero-order chi connectivity index (χ0) is 12.5. The van der Waals surface area contributed by atoms with E-state index >= 15 is 0 Å². The Bertz CT molecular complexity index is 303. The third-order valence-electron chi connectivity index (χ3n) is 3.92. The van der Waals surface area contributed by atoms with Gasteiger partial charge in [-0.3, -0.25) is 4.79 Å². The first-order valence-corrected chi connectivity index (χ1v) is 7.10. The second kappa shape index (κ2) is 4.94. The lowest BCUT2D eigenvalue weighted by molar-refractivity contribution is -0.125. The van der Waals surface area contributed by atoms with Crippen molar-refractivity contribution in [1.82, 2.24) is 10.2 Å². The molecule has 2 rings (SSSR count). The van der Waals surface area contributed by atoms with Crippen molar-refractivity contribution in [2.45, 2.75) is 36.9 Å². The van der Waals surface area contributed by atoms with Crippen molar-refractivity contribution in [3.05, 3.63) is 0 Å². The van der Waals surface area contributed by atoms with Crippen molar-refractivity contribution in [3.8, 4) is 0 Å². The minimum atomic E-state index is -0.859. The van der Waals surface area contributed by atoms with E-state index in [0.717, 1.165) is 19.6 Å². The second-order valence-electron chi connectivity index (χ2n) is 5.37. The van der Waals surface area contributed by atoms with Crippen LogP contribution < -0.4 is 5.32 Å². The van der Waals surface area contributed by atoms with Crippen molar-refractivity contribution in [2.75, 3.05) is 26.2 Å². The van der Waals surface area contributed by atoms with E-state index < -0.39 is 9.75 Å². The SMILES string of the molecule is CC1(C(=O)NCCN2CCCCC2)CC1(Cl)Cl. The molecule has 0 aromatic heterocycles. The van der Waals surface area contributed by atoms with Gasteiger partial charge in [-0.15, -0.1) is 23.2 Å². The van der Waals surface area contributed by atoms with Gasteiger partial charge in [-0.05, 0) is 39.3 Å². The number of hydrogen-bond donors (Lipinski definition) is 1. The van der Waals surface area contributed by atoms with Crippen LogP contribution in [-0.2, 0) is 4.79 Å². The molecular formula is C12H20Cl2N2O. The van der Waals surface area contributed by atoms with E-state index in [4.69, 9.17) is 23.2 Å². The number of amides is 1. The first kappa shape index (κ1) is 13.4. The number of likely N-dealkylation sites (tertiary alicyclic amines) is 1. The normalized spacial score (nSPS) is 32.2. The summed E-state index contributed by atoms with van der Waals surface area (Å²) in [6, 6.07) is 0. The van der Waals surface area contributed by atoms with Gasteiger partial charge in [-0.25, -0.2) is 0 Å². The molecule has 0 radical (unpaired) electrons. The van der Waals surface area contributed by atoms with Gasteiger partial charge in [0.1, 0.15) is 4.33 Å². The van der Waals surface area contributed by atoms with Crippen LogP contribution >= 0.6 is 23.2 Å². The first-order valence-electron chi connectivity index (χ1n) is 6.34. The van der Waals surface area contributed by atoms with Crippen molar-refractivity contribution in [2.24, 2.45) is 5.41 Å². The number of halogens is 2. The zero-order valence-corrected chi connectivity index (χ0v) is 11.8. The summed E-state index contributed by atoms with van der Waals surface area (Å²) in [5, 5.41) is 2.94. The van der Waals surface area contributed by atoms with E-state index in [0.29, 0.717) is 13.0 Å². The van der Waals surface area contributed by atoms with Crippen LogP contribution in [0.25, 0.3) is 0 Å². The predicted octanol–water partition coefficient (Wildman–Crippen LogP) is 2.17. The molecule has 1 unspecified atom stereocenters. The van der Waals surface area contributed by atoms with Crippen molar-refractivity contribution >= 4 is 29.1 Å². The van der Waals surface area contributed by atoms with Gasteiger partial charge in [0.15, 0.2) is 0 Å². The lowest BCUT2D eigenvalue weighted by Crippen LogP contribution is -2.40. The van der Waals surface area contributed by atoms with Crippen LogP contribution in [0, 0.1) is 5.41 Å². The Morgan fingerprint density at radius 2 is 1.88 bits per heavy atom. The number of rotatable bonds is 4. The molecule has 1 saturated carbocycles. The molecule has 5 heteroatoms. The van der Waals surface area contributed by atoms with Crippen molar-refractivity contribution in [1.29, 1.82) is 0 Å². The summed E-state index contributed by atoms with van der Waals surface area (Å²) in [5.41, 5.74) is -0.585. The van der Waals surface area contributed by atoms with Crippen LogP contribution in [0.15, 0.2) is 0 Å². The van der Waals surface area contributed by atoms with Gasteiger partial charge in [-0.2, -0.15) is 0 Å². The topological polar surface area (TPSA) is 32.3 Å². The summed E-state index contributed by atoms with van der Waals surface area (Å²) in [7, 11) is 0. The average Bonchev–Trinajstić information content (AvgIpc) is 2.81. The third-order valence-corrected chi connectivity index (χ3v) is 5.02. The maximum atomic E-state index is 11.9. The lowest BCUT2D eigenvalue weighted by atomic mass is 10.1. The fraction of sp³-hybridized carbons (Fsp3) is 0.917. The molecule has 1 aliphatic heterocycles. The Hall–Kier alpha value is 0.01000. The van der Waals surface area contributed by atoms with Crippen LogP contribution in [-0.4, -0.2) is 41.3 Å². The molecule has 1 saturated heterocycles. The Morgan fingerprint density at radius 1 is 1.29 bits per heavy atom. The number of carbonyl (C=O) groups excluding carboxylic acids is 1. The molecule has 2 fully saturated rings. The minimum Gasteiger partial charge on any atom is -0.354 e. The Morgan fingerprint density at radius 3 is 2.41 bits per heavy atom. The van der Waals surface area contributed by atoms with Crippen LogP contribution in [0.2, 0.25) is 0 Å². The van der Waals surface area contributed by atoms with E-state index in [-0.39, 0.29) is 5.91 Å². The summed E-state index contributed by atoms with van der Waals surface area (Å²) < 4.78 is -0.859. The van der Waals surface area contributed by atoms with Crippen LogP contribution in [0.3, 0.4) is 0 Å². The van der Waals surface area contributed by atoms with Gasteiger partial charge in [-0.1, -0.05) is 6.42 Å². The summed E-state index contributed by atoms with van der Waals surface area (Å²) in [4.78, 5) is 14.3. The van der Waals surface area contributed by atoms with Crippen molar-refractivity contribution in [3.63, 3.8) is 0 Å². The van der Waals surface area contributed by atoms with Crippen molar-refractivity contribution < 1.29 is 4.79 Å². The van der Waals surface area contributed by atoms with Gasteiger partial charge in [0.05, 0.1) is 5.41 Å². The maximum absolute atomic E-state index is 11.9. The van der Waals surface area contributed by atoms with E-state index in [1.165, 1.54) is 19.3 Å². The summed E-state index contributed by atoms with van der Waals surface area (Å²) in [6.07, 6.45) is 4.44. The maximum Gasteiger partial charge on any atom is 0.229 e. The third kappa shape index (κ3) is 2.88. The molecule has 98 valence electrons. The molecule has 1 N–H and O–H groups in total. The molecule has 1 heterocycles. The van der Waals surface area contributed by atoms with Gasteiger partial charge < -0.3 is 10.2 Å².